The van der Waals surface area contributed by atoms with Crippen LogP contribution in [0.1, 0.15) is 23.2 Å². The first-order chi connectivity index (χ1) is 7.83. The van der Waals surface area contributed by atoms with E-state index in [1.165, 1.54) is 12.4 Å². The van der Waals surface area contributed by atoms with Crippen molar-refractivity contribution in [2.24, 2.45) is 5.92 Å². The minimum atomic E-state index is 0.240. The van der Waals surface area contributed by atoms with Crippen LogP contribution in [0.25, 0.3) is 0 Å². The molecule has 0 radical (unpaired) electrons. The van der Waals surface area contributed by atoms with Gasteiger partial charge in [0.05, 0.1) is 5.56 Å². The molecule has 0 amide bonds. The van der Waals surface area contributed by atoms with Gasteiger partial charge in [0, 0.05) is 32.1 Å². The lowest BCUT2D eigenvalue weighted by atomic mass is 10.1. The molecule has 1 aliphatic heterocycles. The Hall–Kier alpha value is -1.49. The molecule has 0 bridgehead atoms. The van der Waals surface area contributed by atoms with Crippen LogP contribution in [0, 0.1) is 5.92 Å². The van der Waals surface area contributed by atoms with Gasteiger partial charge in [-0.25, -0.2) is 9.97 Å². The second kappa shape index (κ2) is 5.03. The number of anilines is 1. The van der Waals surface area contributed by atoms with Gasteiger partial charge in [-0.05, 0) is 18.8 Å². The SMILES string of the molecule is O=Cc1cnc(N2CCC(CCO)C2)nc1. The summed E-state index contributed by atoms with van der Waals surface area (Å²) < 4.78 is 0. The molecule has 1 saturated heterocycles. The second-order valence-corrected chi connectivity index (χ2v) is 4.05. The molecule has 1 aromatic heterocycles. The predicted octanol–water partition coefficient (Wildman–Crippen LogP) is 0.498. The van der Waals surface area contributed by atoms with E-state index in [0.717, 1.165) is 32.2 Å². The highest BCUT2D eigenvalue weighted by atomic mass is 16.3. The summed E-state index contributed by atoms with van der Waals surface area (Å²) in [6.07, 6.45) is 5.72. The van der Waals surface area contributed by atoms with E-state index in [9.17, 15) is 4.79 Å². The molecule has 16 heavy (non-hydrogen) atoms. The van der Waals surface area contributed by atoms with Gasteiger partial charge in [-0.15, -0.1) is 0 Å². The number of aldehydes is 1. The minimum absolute atomic E-state index is 0.240. The Kier molecular flexibility index (Phi) is 3.46. The molecule has 1 aliphatic rings. The van der Waals surface area contributed by atoms with Crippen molar-refractivity contribution in [2.45, 2.75) is 12.8 Å². The molecular formula is C11H15N3O2. The Morgan fingerprint density at radius 1 is 1.50 bits per heavy atom. The van der Waals surface area contributed by atoms with Gasteiger partial charge in [-0.1, -0.05) is 0 Å². The zero-order valence-corrected chi connectivity index (χ0v) is 9.04. The Balaban J connectivity index is 2.00. The molecule has 0 aromatic carbocycles. The Morgan fingerprint density at radius 3 is 2.88 bits per heavy atom. The number of hydrogen-bond donors (Lipinski definition) is 1. The highest BCUT2D eigenvalue weighted by Crippen LogP contribution is 2.22. The fraction of sp³-hybridized carbons (Fsp3) is 0.545. The van der Waals surface area contributed by atoms with Crippen LogP contribution in [0.2, 0.25) is 0 Å². The maximum atomic E-state index is 10.5. The Labute approximate surface area is 94.1 Å². The van der Waals surface area contributed by atoms with Crippen molar-refractivity contribution in [1.29, 1.82) is 0 Å². The van der Waals surface area contributed by atoms with Crippen molar-refractivity contribution in [2.75, 3.05) is 24.6 Å². The first-order valence-corrected chi connectivity index (χ1v) is 5.46. The van der Waals surface area contributed by atoms with Crippen molar-refractivity contribution in [3.8, 4) is 0 Å². The molecule has 1 fully saturated rings. The van der Waals surface area contributed by atoms with Gasteiger partial charge in [-0.2, -0.15) is 0 Å². The molecule has 2 rings (SSSR count). The molecule has 0 spiro atoms. The summed E-state index contributed by atoms with van der Waals surface area (Å²) in [6.45, 7) is 2.05. The fourth-order valence-electron chi connectivity index (χ4n) is 1.99. The molecule has 5 heteroatoms. The third kappa shape index (κ3) is 2.36. The fourth-order valence-corrected chi connectivity index (χ4v) is 1.99. The molecule has 1 atom stereocenters. The Bertz CT molecular complexity index is 353. The quantitative estimate of drug-likeness (QED) is 0.750. The average Bonchev–Trinajstić information content (AvgIpc) is 2.78. The number of rotatable bonds is 4. The number of aliphatic hydroxyl groups excluding tert-OH is 1. The van der Waals surface area contributed by atoms with Crippen molar-refractivity contribution < 1.29 is 9.90 Å². The smallest absolute Gasteiger partial charge is 0.225 e. The van der Waals surface area contributed by atoms with Gasteiger partial charge in [0.25, 0.3) is 0 Å². The van der Waals surface area contributed by atoms with Crippen LogP contribution < -0.4 is 4.90 Å². The molecule has 0 aliphatic carbocycles. The van der Waals surface area contributed by atoms with Gasteiger partial charge in [0.1, 0.15) is 0 Å². The Morgan fingerprint density at radius 2 is 2.25 bits per heavy atom. The van der Waals surface area contributed by atoms with Crippen LogP contribution in [0.15, 0.2) is 12.4 Å². The monoisotopic (exact) mass is 221 g/mol. The number of hydrogen-bond acceptors (Lipinski definition) is 5. The van der Waals surface area contributed by atoms with E-state index in [0.29, 0.717) is 17.4 Å². The molecular weight excluding hydrogens is 206 g/mol. The van der Waals surface area contributed by atoms with Crippen molar-refractivity contribution in [1.82, 2.24) is 9.97 Å². The van der Waals surface area contributed by atoms with Crippen molar-refractivity contribution in [3.05, 3.63) is 18.0 Å². The first-order valence-electron chi connectivity index (χ1n) is 5.46. The topological polar surface area (TPSA) is 66.3 Å². The van der Waals surface area contributed by atoms with Gasteiger partial charge in [-0.3, -0.25) is 4.79 Å². The van der Waals surface area contributed by atoms with E-state index < -0.39 is 0 Å². The molecule has 0 saturated carbocycles. The minimum Gasteiger partial charge on any atom is -0.396 e. The van der Waals surface area contributed by atoms with E-state index in [4.69, 9.17) is 5.11 Å². The number of carbonyl (C=O) groups is 1. The summed E-state index contributed by atoms with van der Waals surface area (Å²) in [5.74, 6) is 1.20. The number of aliphatic hydroxyl groups is 1. The summed E-state index contributed by atoms with van der Waals surface area (Å²) in [6, 6.07) is 0. The normalized spacial score (nSPS) is 20.1. The van der Waals surface area contributed by atoms with Crippen LogP contribution in [0.4, 0.5) is 5.95 Å². The standard InChI is InChI=1S/C11H15N3O2/c15-4-2-9-1-3-14(7-9)11-12-5-10(8-16)6-13-11/h5-6,8-9,15H,1-4,7H2. The summed E-state index contributed by atoms with van der Waals surface area (Å²) in [5.41, 5.74) is 0.495. The summed E-state index contributed by atoms with van der Waals surface area (Å²) in [4.78, 5) is 20.8. The van der Waals surface area contributed by atoms with E-state index in [2.05, 4.69) is 14.9 Å². The lowest BCUT2D eigenvalue weighted by Gasteiger charge is -2.15. The third-order valence-corrected chi connectivity index (χ3v) is 2.90. The summed E-state index contributed by atoms with van der Waals surface area (Å²) in [7, 11) is 0. The van der Waals surface area contributed by atoms with E-state index >= 15 is 0 Å². The molecule has 1 N–H and O–H groups in total. The number of carbonyl (C=O) groups excluding carboxylic acids is 1. The van der Waals surface area contributed by atoms with Gasteiger partial charge in [0.2, 0.25) is 5.95 Å². The van der Waals surface area contributed by atoms with Crippen molar-refractivity contribution >= 4 is 12.2 Å². The van der Waals surface area contributed by atoms with Crippen molar-refractivity contribution in [3.63, 3.8) is 0 Å². The summed E-state index contributed by atoms with van der Waals surface area (Å²) in [5, 5.41) is 8.86. The lowest BCUT2D eigenvalue weighted by molar-refractivity contribution is 0.112. The highest BCUT2D eigenvalue weighted by molar-refractivity contribution is 5.73. The first kappa shape index (κ1) is 11.0. The molecule has 2 heterocycles. The average molecular weight is 221 g/mol. The molecule has 1 aromatic rings. The predicted molar refractivity (Wildman–Crippen MR) is 59.4 cm³/mol. The number of aromatic nitrogens is 2. The van der Waals surface area contributed by atoms with Crippen LogP contribution in [0.5, 0.6) is 0 Å². The lowest BCUT2D eigenvalue weighted by Crippen LogP contribution is -2.22. The van der Waals surface area contributed by atoms with Crippen LogP contribution in [-0.2, 0) is 0 Å². The second-order valence-electron chi connectivity index (χ2n) is 4.05. The van der Waals surface area contributed by atoms with E-state index in [1.807, 2.05) is 0 Å². The number of nitrogens with zero attached hydrogens (tertiary/aromatic N) is 3. The zero-order valence-electron chi connectivity index (χ0n) is 9.04. The third-order valence-electron chi connectivity index (χ3n) is 2.90. The molecule has 5 nitrogen and oxygen atoms in total. The zero-order chi connectivity index (χ0) is 11.4. The van der Waals surface area contributed by atoms with Crippen LogP contribution in [0.3, 0.4) is 0 Å². The van der Waals surface area contributed by atoms with E-state index in [1.54, 1.807) is 0 Å². The molecule has 1 unspecified atom stereocenters. The van der Waals surface area contributed by atoms with Crippen LogP contribution >= 0.6 is 0 Å². The van der Waals surface area contributed by atoms with Gasteiger partial charge >= 0.3 is 0 Å². The largest absolute Gasteiger partial charge is 0.396 e. The van der Waals surface area contributed by atoms with Crippen LogP contribution in [-0.4, -0.2) is 41.1 Å². The maximum absolute atomic E-state index is 10.5. The highest BCUT2D eigenvalue weighted by Gasteiger charge is 2.23. The maximum Gasteiger partial charge on any atom is 0.225 e. The molecule has 86 valence electrons. The van der Waals surface area contributed by atoms with E-state index in [-0.39, 0.29) is 6.61 Å². The van der Waals surface area contributed by atoms with Gasteiger partial charge < -0.3 is 10.0 Å². The van der Waals surface area contributed by atoms with Gasteiger partial charge in [0.15, 0.2) is 6.29 Å². The summed E-state index contributed by atoms with van der Waals surface area (Å²) >= 11 is 0.